The van der Waals surface area contributed by atoms with Crippen LogP contribution in [0.1, 0.15) is 5.56 Å². The highest BCUT2D eigenvalue weighted by atomic mass is 35.5. The summed E-state index contributed by atoms with van der Waals surface area (Å²) in [5, 5.41) is 10.8. The zero-order chi connectivity index (χ0) is 19.6. The van der Waals surface area contributed by atoms with Crippen LogP contribution in [0, 0.1) is 0 Å². The van der Waals surface area contributed by atoms with E-state index in [1.807, 2.05) is 0 Å². The molecule has 1 fully saturated rings. The Bertz CT molecular complexity index is 936. The fourth-order valence-corrected chi connectivity index (χ4v) is 3.51. The van der Waals surface area contributed by atoms with Crippen LogP contribution in [0.3, 0.4) is 0 Å². The van der Waals surface area contributed by atoms with E-state index in [1.165, 1.54) is 30.9 Å². The van der Waals surface area contributed by atoms with Crippen LogP contribution in [0.5, 0.6) is 17.2 Å². The van der Waals surface area contributed by atoms with Gasteiger partial charge in [0.25, 0.3) is 5.91 Å². The van der Waals surface area contributed by atoms with Crippen molar-refractivity contribution in [3.8, 4) is 17.2 Å². The van der Waals surface area contributed by atoms with Crippen LogP contribution in [0.25, 0.3) is 6.08 Å². The number of methoxy groups -OCH3 is 2. The summed E-state index contributed by atoms with van der Waals surface area (Å²) >= 11 is 7.25. The number of phenolic OH excluding ortho intramolecular Hbond substituents is 1. The number of pyridine rings is 1. The van der Waals surface area contributed by atoms with Gasteiger partial charge in [0.2, 0.25) is 5.75 Å². The number of halogens is 1. The Morgan fingerprint density at radius 1 is 1.30 bits per heavy atom. The lowest BCUT2D eigenvalue weighted by Gasteiger charge is -2.09. The molecule has 0 bridgehead atoms. The normalized spacial score (nSPS) is 17.0. The predicted molar refractivity (Wildman–Crippen MR) is 106 cm³/mol. The van der Waals surface area contributed by atoms with Gasteiger partial charge in [0, 0.05) is 13.2 Å². The zero-order valence-corrected chi connectivity index (χ0v) is 16.3. The Balaban J connectivity index is 1.97. The number of likely N-dealkylation sites (N-methyl/N-ethyl adjacent to an activating group) is 1. The molecular weight excluding hydrogens is 390 g/mol. The highest BCUT2D eigenvalue weighted by Gasteiger charge is 2.30. The summed E-state index contributed by atoms with van der Waals surface area (Å²) in [6, 6.07) is 6.68. The van der Waals surface area contributed by atoms with Gasteiger partial charge in [0.1, 0.15) is 5.69 Å². The van der Waals surface area contributed by atoms with E-state index in [4.69, 9.17) is 21.1 Å². The second kappa shape index (κ2) is 7.89. The van der Waals surface area contributed by atoms with Crippen LogP contribution in [-0.2, 0) is 4.79 Å². The van der Waals surface area contributed by atoms with Gasteiger partial charge in [0.15, 0.2) is 21.8 Å². The highest BCUT2D eigenvalue weighted by Crippen LogP contribution is 2.39. The maximum absolute atomic E-state index is 12.6. The lowest BCUT2D eigenvalue weighted by molar-refractivity contribution is -0.121. The molecule has 2 aromatic rings. The molecule has 1 N–H and O–H groups in total. The quantitative estimate of drug-likeness (QED) is 0.616. The SMILES string of the molecule is COc1cc(/C=C2\SC(=Nc3cccnc3Cl)N(C)C2=O)cc(OC)c1O. The van der Waals surface area contributed by atoms with Crippen LogP contribution >= 0.6 is 23.4 Å². The Morgan fingerprint density at radius 2 is 1.96 bits per heavy atom. The first-order chi connectivity index (χ1) is 12.9. The standard InChI is InChI=1S/C18H16ClN3O4S/c1-22-17(24)14(27-18(22)21-11-5-4-6-20-16(11)19)9-10-7-12(25-2)15(23)13(8-10)26-3/h4-9,23H,1-3H3/b14-9-,21-18?. The fourth-order valence-electron chi connectivity index (χ4n) is 2.36. The topological polar surface area (TPSA) is 84.3 Å². The number of nitrogens with zero attached hydrogens (tertiary/aromatic N) is 3. The Morgan fingerprint density at radius 3 is 2.56 bits per heavy atom. The third-order valence-corrected chi connectivity index (χ3v) is 5.11. The summed E-state index contributed by atoms with van der Waals surface area (Å²) in [5.41, 5.74) is 1.13. The van der Waals surface area contributed by atoms with E-state index in [0.29, 0.717) is 21.3 Å². The van der Waals surface area contributed by atoms with Crippen molar-refractivity contribution in [2.45, 2.75) is 0 Å². The Labute approximate surface area is 165 Å². The molecular formula is C18H16ClN3O4S. The molecule has 1 aliphatic heterocycles. The molecule has 1 amide bonds. The Kier molecular flexibility index (Phi) is 5.57. The largest absolute Gasteiger partial charge is 0.502 e. The number of carbonyl (C=O) groups excluding carboxylic acids is 1. The number of amidine groups is 1. The molecule has 9 heteroatoms. The third kappa shape index (κ3) is 3.86. The van der Waals surface area contributed by atoms with Gasteiger partial charge in [0.05, 0.1) is 19.1 Å². The van der Waals surface area contributed by atoms with E-state index < -0.39 is 0 Å². The minimum atomic E-state index is -0.204. The van der Waals surface area contributed by atoms with Gasteiger partial charge in [-0.2, -0.15) is 0 Å². The molecule has 1 saturated heterocycles. The molecule has 0 saturated carbocycles. The van der Waals surface area contributed by atoms with Gasteiger partial charge in [-0.15, -0.1) is 0 Å². The predicted octanol–water partition coefficient (Wildman–Crippen LogP) is 3.69. The number of aliphatic imine (C=N–C) groups is 1. The van der Waals surface area contributed by atoms with Crippen LogP contribution in [0.15, 0.2) is 40.4 Å². The van der Waals surface area contributed by atoms with Crippen molar-refractivity contribution in [1.29, 1.82) is 0 Å². The number of aromatic hydroxyl groups is 1. The minimum absolute atomic E-state index is 0.0989. The second-order valence-electron chi connectivity index (χ2n) is 5.46. The molecule has 2 heterocycles. The van der Waals surface area contributed by atoms with E-state index in [-0.39, 0.29) is 28.3 Å². The zero-order valence-electron chi connectivity index (χ0n) is 14.8. The maximum Gasteiger partial charge on any atom is 0.266 e. The first-order valence-corrected chi connectivity index (χ1v) is 8.96. The number of aromatic nitrogens is 1. The van der Waals surface area contributed by atoms with Crippen molar-refractivity contribution in [2.24, 2.45) is 4.99 Å². The molecule has 3 rings (SSSR count). The molecule has 0 atom stereocenters. The van der Waals surface area contributed by atoms with Crippen molar-refractivity contribution in [2.75, 3.05) is 21.3 Å². The van der Waals surface area contributed by atoms with Gasteiger partial charge >= 0.3 is 0 Å². The van der Waals surface area contributed by atoms with Gasteiger partial charge in [-0.1, -0.05) is 11.6 Å². The molecule has 0 spiro atoms. The molecule has 7 nitrogen and oxygen atoms in total. The van der Waals surface area contributed by atoms with Crippen molar-refractivity contribution in [1.82, 2.24) is 9.88 Å². The number of benzene rings is 1. The number of hydrogen-bond acceptors (Lipinski definition) is 7. The maximum atomic E-state index is 12.6. The van der Waals surface area contributed by atoms with Crippen LogP contribution in [-0.4, -0.2) is 47.3 Å². The average Bonchev–Trinajstić information content (AvgIpc) is 2.92. The molecule has 140 valence electrons. The van der Waals surface area contributed by atoms with Crippen LogP contribution < -0.4 is 9.47 Å². The van der Waals surface area contributed by atoms with E-state index in [9.17, 15) is 9.90 Å². The van der Waals surface area contributed by atoms with Gasteiger partial charge < -0.3 is 14.6 Å². The van der Waals surface area contributed by atoms with Crippen molar-refractivity contribution in [3.63, 3.8) is 0 Å². The molecule has 1 aromatic heterocycles. The lowest BCUT2D eigenvalue weighted by Crippen LogP contribution is -2.23. The molecule has 0 unspecified atom stereocenters. The summed E-state index contributed by atoms with van der Waals surface area (Å²) in [7, 11) is 4.52. The van der Waals surface area contributed by atoms with Gasteiger partial charge in [-0.3, -0.25) is 9.69 Å². The van der Waals surface area contributed by atoms with Crippen molar-refractivity contribution in [3.05, 3.63) is 46.1 Å². The number of amides is 1. The van der Waals surface area contributed by atoms with Crippen molar-refractivity contribution >= 4 is 46.2 Å². The van der Waals surface area contributed by atoms with Gasteiger partial charge in [-0.05, 0) is 47.7 Å². The number of rotatable bonds is 4. The summed E-state index contributed by atoms with van der Waals surface area (Å²) in [6.07, 6.45) is 3.25. The third-order valence-electron chi connectivity index (χ3n) is 3.76. The fraction of sp³-hybridized carbons (Fsp3) is 0.167. The van der Waals surface area contributed by atoms with Gasteiger partial charge in [-0.25, -0.2) is 9.98 Å². The number of carbonyl (C=O) groups is 1. The van der Waals surface area contributed by atoms with Crippen LogP contribution in [0.4, 0.5) is 5.69 Å². The molecule has 0 aliphatic carbocycles. The first kappa shape index (κ1) is 19.1. The molecule has 1 aliphatic rings. The molecule has 0 radical (unpaired) electrons. The summed E-state index contributed by atoms with van der Waals surface area (Å²) in [5.74, 6) is 0.199. The van der Waals surface area contributed by atoms with E-state index in [1.54, 1.807) is 43.6 Å². The second-order valence-corrected chi connectivity index (χ2v) is 6.82. The van der Waals surface area contributed by atoms with Crippen LogP contribution in [0.2, 0.25) is 5.15 Å². The first-order valence-electron chi connectivity index (χ1n) is 7.76. The monoisotopic (exact) mass is 405 g/mol. The van der Waals surface area contributed by atoms with E-state index in [2.05, 4.69) is 9.98 Å². The number of thioether (sulfide) groups is 1. The van der Waals surface area contributed by atoms with E-state index >= 15 is 0 Å². The highest BCUT2D eigenvalue weighted by molar-refractivity contribution is 8.18. The molecule has 27 heavy (non-hydrogen) atoms. The summed E-state index contributed by atoms with van der Waals surface area (Å²) < 4.78 is 10.3. The average molecular weight is 406 g/mol. The summed E-state index contributed by atoms with van der Waals surface area (Å²) in [6.45, 7) is 0. The number of hydrogen-bond donors (Lipinski definition) is 1. The minimum Gasteiger partial charge on any atom is -0.502 e. The number of ether oxygens (including phenoxy) is 2. The van der Waals surface area contributed by atoms with Crippen molar-refractivity contribution < 1.29 is 19.4 Å². The summed E-state index contributed by atoms with van der Waals surface area (Å²) in [4.78, 5) is 22.9. The lowest BCUT2D eigenvalue weighted by atomic mass is 10.1. The molecule has 1 aromatic carbocycles. The Hall–Kier alpha value is -2.71. The van der Waals surface area contributed by atoms with E-state index in [0.717, 1.165) is 0 Å². The number of phenols is 1. The smallest absolute Gasteiger partial charge is 0.266 e.